The molecule has 50 heavy (non-hydrogen) atoms. The Balaban J connectivity index is 1.07. The number of amides is 2. The van der Waals surface area contributed by atoms with Gasteiger partial charge in [-0.05, 0) is 84.9 Å². The predicted molar refractivity (Wildman–Crippen MR) is 197 cm³/mol. The van der Waals surface area contributed by atoms with Crippen LogP contribution in [0.3, 0.4) is 0 Å². The van der Waals surface area contributed by atoms with E-state index >= 15 is 0 Å². The minimum atomic E-state index is -3.91. The molecule has 2 aromatic heterocycles. The van der Waals surface area contributed by atoms with Gasteiger partial charge in [0.25, 0.3) is 31.9 Å². The molecule has 18 heteroatoms. The van der Waals surface area contributed by atoms with Crippen molar-refractivity contribution in [2.75, 3.05) is 20.1 Å². The van der Waals surface area contributed by atoms with Gasteiger partial charge in [0, 0.05) is 43.3 Å². The van der Waals surface area contributed by atoms with Crippen LogP contribution in [0.25, 0.3) is 11.4 Å². The Morgan fingerprint density at radius 3 is 1.32 bits per heavy atom. The lowest BCUT2D eigenvalue weighted by molar-refractivity contribution is 0.101. The minimum absolute atomic E-state index is 0.0159. The Hall–Kier alpha value is -4.84. The summed E-state index contributed by atoms with van der Waals surface area (Å²) in [4.78, 5) is 34.9. The first-order valence-corrected chi connectivity index (χ1v) is 19.6. The second-order valence-electron chi connectivity index (χ2n) is 10.3. The maximum atomic E-state index is 13.0. The molecule has 0 fully saturated rings. The molecule has 0 saturated heterocycles. The average molecular weight is 786 g/mol. The van der Waals surface area contributed by atoms with Gasteiger partial charge in [-0.25, -0.2) is 26.8 Å². The molecular weight excluding hydrogens is 764 g/mol. The Morgan fingerprint density at radius 2 is 0.940 bits per heavy atom. The van der Waals surface area contributed by atoms with Crippen molar-refractivity contribution in [2.45, 2.75) is 9.79 Å². The van der Waals surface area contributed by atoms with Gasteiger partial charge in [-0.1, -0.05) is 35.3 Å². The van der Waals surface area contributed by atoms with E-state index in [-0.39, 0.29) is 42.6 Å². The first-order chi connectivity index (χ1) is 23.8. The number of aromatic nitrogens is 2. The van der Waals surface area contributed by atoms with Crippen molar-refractivity contribution in [1.29, 1.82) is 0 Å². The van der Waals surface area contributed by atoms with Crippen LogP contribution < -0.4 is 20.1 Å². The highest BCUT2D eigenvalue weighted by Gasteiger charge is 2.18. The van der Waals surface area contributed by atoms with E-state index in [0.29, 0.717) is 21.4 Å². The first kappa shape index (κ1) is 35.0. The summed E-state index contributed by atoms with van der Waals surface area (Å²) in [5.41, 5.74) is 1.67. The highest BCUT2D eigenvalue weighted by molar-refractivity contribution is 7.93. The largest absolute Gasteiger partial charge is 0.298 e. The minimum Gasteiger partial charge on any atom is -0.298 e. The molecule has 0 aliphatic heterocycles. The first-order valence-electron chi connectivity index (χ1n) is 14.2. The molecule has 254 valence electrons. The zero-order valence-electron chi connectivity index (χ0n) is 25.1. The Labute approximate surface area is 304 Å². The molecule has 2 amide bonds. The van der Waals surface area contributed by atoms with E-state index in [1.807, 2.05) is 0 Å². The van der Waals surface area contributed by atoms with E-state index in [1.165, 1.54) is 84.9 Å². The number of benzene rings is 4. The molecule has 0 aliphatic carbocycles. The van der Waals surface area contributed by atoms with Crippen LogP contribution in [0.5, 0.6) is 0 Å². The number of halogens is 2. The number of nitrogens with one attached hydrogen (secondary N) is 4. The fraction of sp³-hybridized carbons (Fsp3) is 0. The quantitative estimate of drug-likeness (QED) is 0.103. The summed E-state index contributed by atoms with van der Waals surface area (Å²) >= 11 is 14.0. The van der Waals surface area contributed by atoms with Crippen LogP contribution in [-0.2, 0) is 20.0 Å². The van der Waals surface area contributed by atoms with Crippen molar-refractivity contribution < 1.29 is 26.4 Å². The smallest absolute Gasteiger partial charge is 0.261 e. The molecule has 6 rings (SSSR count). The third-order valence-electron chi connectivity index (χ3n) is 6.71. The summed E-state index contributed by atoms with van der Waals surface area (Å²) < 4.78 is 55.9. The molecule has 0 radical (unpaired) electrons. The lowest BCUT2D eigenvalue weighted by Crippen LogP contribution is -2.15. The summed E-state index contributed by atoms with van der Waals surface area (Å²) in [7, 11) is -7.82. The van der Waals surface area contributed by atoms with Crippen molar-refractivity contribution >= 4 is 99.4 Å². The molecule has 6 aromatic rings. The fourth-order valence-electron chi connectivity index (χ4n) is 4.34. The van der Waals surface area contributed by atoms with Gasteiger partial charge >= 0.3 is 0 Å². The molecule has 2 heterocycles. The molecule has 0 saturated carbocycles. The van der Waals surface area contributed by atoms with Crippen molar-refractivity contribution in [3.05, 3.63) is 129 Å². The normalized spacial score (nSPS) is 11.5. The van der Waals surface area contributed by atoms with E-state index < -0.39 is 31.9 Å². The number of carbonyl (C=O) groups is 2. The predicted octanol–water partition coefficient (Wildman–Crippen LogP) is 7.68. The zero-order valence-corrected chi connectivity index (χ0v) is 29.9. The highest BCUT2D eigenvalue weighted by Crippen LogP contribution is 2.29. The van der Waals surface area contributed by atoms with E-state index in [1.54, 1.807) is 22.9 Å². The molecule has 0 aliphatic rings. The third kappa shape index (κ3) is 8.47. The Kier molecular flexibility index (Phi) is 10.2. The zero-order chi connectivity index (χ0) is 35.5. The average Bonchev–Trinajstić information content (AvgIpc) is 3.75. The molecule has 12 nitrogen and oxygen atoms in total. The SMILES string of the molecule is O=C(Nc1nc(-c2csc(NC(=O)c3cccc(NS(=O)(=O)c4ccc(Cl)cc4)c3)n2)cs1)c1cccc(NS(=O)(=O)c2ccc(Cl)cc2)c1. The maximum absolute atomic E-state index is 13.0. The fourth-order valence-corrected chi connectivity index (χ4v) is 8.09. The van der Waals surface area contributed by atoms with Gasteiger partial charge < -0.3 is 0 Å². The molecule has 0 spiro atoms. The van der Waals surface area contributed by atoms with Crippen LogP contribution in [0, 0.1) is 0 Å². The van der Waals surface area contributed by atoms with E-state index in [0.717, 1.165) is 22.7 Å². The summed E-state index contributed by atoms with van der Waals surface area (Å²) in [6, 6.07) is 23.3. The van der Waals surface area contributed by atoms with Gasteiger partial charge in [-0.2, -0.15) is 0 Å². The van der Waals surface area contributed by atoms with Crippen LogP contribution >= 0.6 is 45.9 Å². The lowest BCUT2D eigenvalue weighted by atomic mass is 10.2. The number of anilines is 4. The number of hydrogen-bond donors (Lipinski definition) is 4. The second-order valence-corrected chi connectivity index (χ2v) is 16.2. The lowest BCUT2D eigenvalue weighted by Gasteiger charge is -2.09. The molecule has 0 bridgehead atoms. The number of sulfonamides is 2. The van der Waals surface area contributed by atoms with Crippen molar-refractivity contribution in [1.82, 2.24) is 9.97 Å². The topological polar surface area (TPSA) is 176 Å². The molecular formula is C32H22Cl2N6O6S4. The van der Waals surface area contributed by atoms with E-state index in [4.69, 9.17) is 23.2 Å². The number of rotatable bonds is 11. The standard InChI is InChI=1S/C32H22Cl2N6O6S4/c33-21-7-11-25(12-8-21)49(43,44)39-23-5-1-3-19(15-23)29(41)37-31-35-27(17-47-31)28-18-48-32(36-28)38-30(42)20-4-2-6-24(16-20)40-50(45,46)26-13-9-22(34)10-14-26/h1-18,39-40H,(H,35,37,41)(H,36,38,42). The van der Waals surface area contributed by atoms with Gasteiger partial charge in [-0.15, -0.1) is 22.7 Å². The van der Waals surface area contributed by atoms with E-state index in [9.17, 15) is 26.4 Å². The van der Waals surface area contributed by atoms with Gasteiger partial charge in [0.05, 0.1) is 9.79 Å². The summed E-state index contributed by atoms with van der Waals surface area (Å²) in [5, 5.41) is 10.1. The van der Waals surface area contributed by atoms with Crippen LogP contribution in [0.4, 0.5) is 21.6 Å². The molecule has 4 N–H and O–H groups in total. The summed E-state index contributed by atoms with van der Waals surface area (Å²) in [5.74, 6) is -1.02. The number of nitrogens with zero attached hydrogens (tertiary/aromatic N) is 2. The van der Waals surface area contributed by atoms with Gasteiger partial charge in [-0.3, -0.25) is 29.7 Å². The van der Waals surface area contributed by atoms with Gasteiger partial charge in [0.1, 0.15) is 11.4 Å². The van der Waals surface area contributed by atoms with Gasteiger partial charge in [0.15, 0.2) is 10.3 Å². The van der Waals surface area contributed by atoms with Gasteiger partial charge in [0.2, 0.25) is 0 Å². The molecule has 4 aromatic carbocycles. The van der Waals surface area contributed by atoms with Crippen molar-refractivity contribution in [2.24, 2.45) is 0 Å². The van der Waals surface area contributed by atoms with Crippen molar-refractivity contribution in [3.63, 3.8) is 0 Å². The molecule has 0 atom stereocenters. The summed E-state index contributed by atoms with van der Waals surface area (Å²) in [6.07, 6.45) is 0. The van der Waals surface area contributed by atoms with E-state index in [2.05, 4.69) is 30.0 Å². The summed E-state index contributed by atoms with van der Waals surface area (Å²) in [6.45, 7) is 0. The number of carbonyl (C=O) groups excluding carboxylic acids is 2. The third-order valence-corrected chi connectivity index (χ3v) is 11.5. The molecule has 0 unspecified atom stereocenters. The van der Waals surface area contributed by atoms with Crippen LogP contribution in [0.2, 0.25) is 10.0 Å². The second kappa shape index (κ2) is 14.6. The Morgan fingerprint density at radius 1 is 0.560 bits per heavy atom. The maximum Gasteiger partial charge on any atom is 0.261 e. The monoisotopic (exact) mass is 784 g/mol. The number of thiazole rings is 2. The van der Waals surface area contributed by atoms with Crippen LogP contribution in [0.15, 0.2) is 118 Å². The van der Waals surface area contributed by atoms with Crippen LogP contribution in [0.1, 0.15) is 20.7 Å². The Bertz CT molecular complexity index is 2260. The van der Waals surface area contributed by atoms with Crippen LogP contribution in [-0.4, -0.2) is 38.6 Å². The number of hydrogen-bond acceptors (Lipinski definition) is 10. The highest BCUT2D eigenvalue weighted by atomic mass is 35.5. The van der Waals surface area contributed by atoms with Crippen molar-refractivity contribution in [3.8, 4) is 11.4 Å².